The fourth-order valence-electron chi connectivity index (χ4n) is 3.21. The maximum absolute atomic E-state index is 3.41. The van der Waals surface area contributed by atoms with E-state index in [1.165, 1.54) is 71.6 Å². The van der Waals surface area contributed by atoms with Crippen LogP contribution in [0.3, 0.4) is 0 Å². The number of nitrogens with one attached hydrogen (secondary N) is 1. The van der Waals surface area contributed by atoms with Crippen molar-refractivity contribution in [3.8, 4) is 0 Å². The molecule has 2 rings (SSSR count). The summed E-state index contributed by atoms with van der Waals surface area (Å²) in [7, 11) is 0. The number of piperazine rings is 1. The predicted octanol–water partition coefficient (Wildman–Crippen LogP) is 1.40. The van der Waals surface area contributed by atoms with Gasteiger partial charge in [0.05, 0.1) is 0 Å². The second kappa shape index (κ2) is 6.17. The molecule has 2 aliphatic heterocycles. The normalized spacial score (nSPS) is 25.8. The Morgan fingerprint density at radius 3 is 2.12 bits per heavy atom. The zero-order chi connectivity index (χ0) is 12.1. The third-order valence-corrected chi connectivity index (χ3v) is 4.78. The third kappa shape index (κ3) is 3.43. The van der Waals surface area contributed by atoms with Crippen LogP contribution >= 0.6 is 0 Å². The van der Waals surface area contributed by atoms with Gasteiger partial charge in [-0.25, -0.2) is 0 Å². The Morgan fingerprint density at radius 1 is 0.941 bits per heavy atom. The first kappa shape index (κ1) is 13.3. The summed E-state index contributed by atoms with van der Waals surface area (Å²) in [6.45, 7) is 14.8. The molecule has 0 aromatic carbocycles. The van der Waals surface area contributed by atoms with Gasteiger partial charge in [-0.1, -0.05) is 13.8 Å². The van der Waals surface area contributed by atoms with E-state index in [4.69, 9.17) is 0 Å². The minimum absolute atomic E-state index is 0.676. The zero-order valence-electron chi connectivity index (χ0n) is 11.7. The lowest BCUT2D eigenvalue weighted by Gasteiger charge is -2.50. The van der Waals surface area contributed by atoms with Gasteiger partial charge >= 0.3 is 0 Å². The minimum atomic E-state index is 0.676. The van der Waals surface area contributed by atoms with E-state index in [9.17, 15) is 0 Å². The monoisotopic (exact) mass is 239 g/mol. The smallest absolute Gasteiger partial charge is 0.0107 e. The largest absolute Gasteiger partial charge is 0.314 e. The van der Waals surface area contributed by atoms with Crippen molar-refractivity contribution in [2.45, 2.75) is 33.1 Å². The summed E-state index contributed by atoms with van der Waals surface area (Å²) in [5, 5.41) is 3.41. The van der Waals surface area contributed by atoms with Crippen molar-refractivity contribution in [2.24, 2.45) is 5.41 Å². The highest BCUT2D eigenvalue weighted by Gasteiger charge is 2.38. The molecule has 0 spiro atoms. The number of nitrogens with zero attached hydrogens (tertiary/aromatic N) is 2. The van der Waals surface area contributed by atoms with Crippen molar-refractivity contribution in [3.05, 3.63) is 0 Å². The van der Waals surface area contributed by atoms with Crippen molar-refractivity contribution in [1.82, 2.24) is 15.1 Å². The molecule has 0 amide bonds. The molecule has 0 aliphatic carbocycles. The standard InChI is InChI=1S/C14H29N3/c1-3-14(4-2)12-17(13-14)9-5-8-16-10-6-15-7-11-16/h15H,3-13H2,1-2H3. The molecular formula is C14H29N3. The van der Waals surface area contributed by atoms with E-state index in [-0.39, 0.29) is 0 Å². The highest BCUT2D eigenvalue weighted by atomic mass is 15.2. The number of hydrogen-bond acceptors (Lipinski definition) is 3. The van der Waals surface area contributed by atoms with Gasteiger partial charge in [-0.2, -0.15) is 0 Å². The molecule has 100 valence electrons. The molecule has 2 heterocycles. The highest BCUT2D eigenvalue weighted by Crippen LogP contribution is 2.36. The van der Waals surface area contributed by atoms with E-state index in [1.807, 2.05) is 0 Å². The quantitative estimate of drug-likeness (QED) is 0.756. The van der Waals surface area contributed by atoms with E-state index in [1.54, 1.807) is 0 Å². The Morgan fingerprint density at radius 2 is 1.53 bits per heavy atom. The molecule has 3 heteroatoms. The Kier molecular flexibility index (Phi) is 4.83. The predicted molar refractivity (Wildman–Crippen MR) is 73.4 cm³/mol. The van der Waals surface area contributed by atoms with Crippen LogP contribution in [0.25, 0.3) is 0 Å². The van der Waals surface area contributed by atoms with Gasteiger partial charge in [-0.05, 0) is 37.8 Å². The second-order valence-electron chi connectivity index (χ2n) is 5.86. The fourth-order valence-corrected chi connectivity index (χ4v) is 3.21. The van der Waals surface area contributed by atoms with E-state index in [0.717, 1.165) is 0 Å². The van der Waals surface area contributed by atoms with Crippen LogP contribution in [0.15, 0.2) is 0 Å². The van der Waals surface area contributed by atoms with Crippen LogP contribution in [0.5, 0.6) is 0 Å². The Hall–Kier alpha value is -0.120. The average molecular weight is 239 g/mol. The summed E-state index contributed by atoms with van der Waals surface area (Å²) in [5.74, 6) is 0. The molecule has 0 unspecified atom stereocenters. The van der Waals surface area contributed by atoms with Gasteiger partial charge in [-0.15, -0.1) is 0 Å². The van der Waals surface area contributed by atoms with E-state index in [2.05, 4.69) is 29.0 Å². The van der Waals surface area contributed by atoms with Crippen molar-refractivity contribution in [1.29, 1.82) is 0 Å². The van der Waals surface area contributed by atoms with Crippen LogP contribution in [0.1, 0.15) is 33.1 Å². The maximum atomic E-state index is 3.41. The number of likely N-dealkylation sites (tertiary alicyclic amines) is 1. The Balaban J connectivity index is 1.55. The number of rotatable bonds is 6. The van der Waals surface area contributed by atoms with Gasteiger partial charge in [0, 0.05) is 39.3 Å². The second-order valence-corrected chi connectivity index (χ2v) is 5.86. The third-order valence-electron chi connectivity index (χ3n) is 4.78. The molecule has 2 aliphatic rings. The van der Waals surface area contributed by atoms with E-state index >= 15 is 0 Å². The molecular weight excluding hydrogens is 210 g/mol. The summed E-state index contributed by atoms with van der Waals surface area (Å²) in [4.78, 5) is 5.25. The van der Waals surface area contributed by atoms with Crippen molar-refractivity contribution >= 4 is 0 Å². The van der Waals surface area contributed by atoms with Crippen LogP contribution in [-0.4, -0.2) is 62.2 Å². The van der Waals surface area contributed by atoms with Crippen molar-refractivity contribution in [2.75, 3.05) is 52.4 Å². The summed E-state index contributed by atoms with van der Waals surface area (Å²) >= 11 is 0. The van der Waals surface area contributed by atoms with Gasteiger partial charge in [0.2, 0.25) is 0 Å². The van der Waals surface area contributed by atoms with Gasteiger partial charge in [0.15, 0.2) is 0 Å². The molecule has 2 saturated heterocycles. The first-order valence-corrected chi connectivity index (χ1v) is 7.43. The topological polar surface area (TPSA) is 18.5 Å². The minimum Gasteiger partial charge on any atom is -0.314 e. The summed E-state index contributed by atoms with van der Waals surface area (Å²) in [6.07, 6.45) is 4.07. The lowest BCUT2D eigenvalue weighted by atomic mass is 9.75. The molecule has 1 N–H and O–H groups in total. The summed E-state index contributed by atoms with van der Waals surface area (Å²) in [6, 6.07) is 0. The summed E-state index contributed by atoms with van der Waals surface area (Å²) < 4.78 is 0. The van der Waals surface area contributed by atoms with E-state index in [0.29, 0.717) is 5.41 Å². The zero-order valence-corrected chi connectivity index (χ0v) is 11.7. The lowest BCUT2D eigenvalue weighted by Crippen LogP contribution is -2.56. The lowest BCUT2D eigenvalue weighted by molar-refractivity contribution is -0.00797. The molecule has 0 radical (unpaired) electrons. The van der Waals surface area contributed by atoms with Crippen molar-refractivity contribution in [3.63, 3.8) is 0 Å². The van der Waals surface area contributed by atoms with Crippen LogP contribution in [0.2, 0.25) is 0 Å². The SMILES string of the molecule is CCC1(CC)CN(CCCN2CCNCC2)C1. The molecule has 3 nitrogen and oxygen atoms in total. The van der Waals surface area contributed by atoms with Crippen LogP contribution in [-0.2, 0) is 0 Å². The molecule has 0 aromatic rings. The van der Waals surface area contributed by atoms with Gasteiger partial charge < -0.3 is 15.1 Å². The molecule has 0 aromatic heterocycles. The molecule has 0 bridgehead atoms. The molecule has 0 saturated carbocycles. The maximum Gasteiger partial charge on any atom is 0.0107 e. The van der Waals surface area contributed by atoms with Crippen LogP contribution < -0.4 is 5.32 Å². The highest BCUT2D eigenvalue weighted by molar-refractivity contribution is 4.92. The number of hydrogen-bond donors (Lipinski definition) is 1. The molecule has 17 heavy (non-hydrogen) atoms. The molecule has 2 fully saturated rings. The van der Waals surface area contributed by atoms with Gasteiger partial charge in [0.25, 0.3) is 0 Å². The average Bonchev–Trinajstić information content (AvgIpc) is 2.34. The first-order chi connectivity index (χ1) is 8.28. The molecule has 0 atom stereocenters. The van der Waals surface area contributed by atoms with Gasteiger partial charge in [0.1, 0.15) is 0 Å². The summed E-state index contributed by atoms with van der Waals surface area (Å²) in [5.41, 5.74) is 0.676. The van der Waals surface area contributed by atoms with E-state index < -0.39 is 0 Å². The Bertz CT molecular complexity index is 212. The van der Waals surface area contributed by atoms with Crippen LogP contribution in [0, 0.1) is 5.41 Å². The Labute approximate surface area is 107 Å². The first-order valence-electron chi connectivity index (χ1n) is 7.43. The van der Waals surface area contributed by atoms with Gasteiger partial charge in [-0.3, -0.25) is 0 Å². The van der Waals surface area contributed by atoms with Crippen LogP contribution in [0.4, 0.5) is 0 Å². The fraction of sp³-hybridized carbons (Fsp3) is 1.00. The van der Waals surface area contributed by atoms with Crippen molar-refractivity contribution < 1.29 is 0 Å².